The number of halogens is 2. The van der Waals surface area contributed by atoms with E-state index < -0.39 is 23.6 Å². The van der Waals surface area contributed by atoms with Crippen LogP contribution in [0.5, 0.6) is 11.5 Å². The van der Waals surface area contributed by atoms with E-state index in [2.05, 4.69) is 5.32 Å². The number of nitrogens with one attached hydrogen (secondary N) is 1. The van der Waals surface area contributed by atoms with Gasteiger partial charge in [0.2, 0.25) is 0 Å². The van der Waals surface area contributed by atoms with Crippen LogP contribution in [0, 0.1) is 11.6 Å². The molecule has 6 heteroatoms. The van der Waals surface area contributed by atoms with Gasteiger partial charge in [0.1, 0.15) is 11.5 Å². The van der Waals surface area contributed by atoms with Gasteiger partial charge in [-0.3, -0.25) is 4.79 Å². The lowest BCUT2D eigenvalue weighted by molar-refractivity contribution is -0.122. The van der Waals surface area contributed by atoms with E-state index in [0.717, 1.165) is 12.1 Å². The SMILES string of the molecule is COc1cccc(O[C@@H](C)C(=O)Nc2ccc(F)c(F)c2)c1. The second kappa shape index (κ2) is 6.89. The Morgan fingerprint density at radius 1 is 1.09 bits per heavy atom. The summed E-state index contributed by atoms with van der Waals surface area (Å²) in [6.45, 7) is 1.55. The maximum Gasteiger partial charge on any atom is 0.265 e. The van der Waals surface area contributed by atoms with E-state index in [0.29, 0.717) is 11.5 Å². The highest BCUT2D eigenvalue weighted by Crippen LogP contribution is 2.20. The average molecular weight is 307 g/mol. The molecule has 0 aliphatic rings. The fraction of sp³-hybridized carbons (Fsp3) is 0.188. The van der Waals surface area contributed by atoms with Crippen LogP contribution in [0.3, 0.4) is 0 Å². The van der Waals surface area contributed by atoms with Crippen LogP contribution in [-0.4, -0.2) is 19.1 Å². The molecule has 0 radical (unpaired) electrons. The Morgan fingerprint density at radius 2 is 1.82 bits per heavy atom. The minimum atomic E-state index is -1.03. The van der Waals surface area contributed by atoms with Gasteiger partial charge in [0.15, 0.2) is 17.7 Å². The highest BCUT2D eigenvalue weighted by atomic mass is 19.2. The lowest BCUT2D eigenvalue weighted by Crippen LogP contribution is -2.30. The molecule has 1 amide bonds. The predicted octanol–water partition coefficient (Wildman–Crippen LogP) is 3.38. The minimum absolute atomic E-state index is 0.157. The molecule has 0 aliphatic heterocycles. The third kappa shape index (κ3) is 3.94. The zero-order chi connectivity index (χ0) is 16.1. The fourth-order valence-electron chi connectivity index (χ4n) is 1.75. The molecule has 22 heavy (non-hydrogen) atoms. The van der Waals surface area contributed by atoms with E-state index in [4.69, 9.17) is 9.47 Å². The van der Waals surface area contributed by atoms with Gasteiger partial charge in [-0.1, -0.05) is 6.07 Å². The van der Waals surface area contributed by atoms with Gasteiger partial charge in [0.05, 0.1) is 7.11 Å². The van der Waals surface area contributed by atoms with Gasteiger partial charge in [0.25, 0.3) is 5.91 Å². The van der Waals surface area contributed by atoms with Crippen molar-refractivity contribution >= 4 is 11.6 Å². The topological polar surface area (TPSA) is 47.6 Å². The summed E-state index contributed by atoms with van der Waals surface area (Å²) in [5.41, 5.74) is 0.157. The Bertz CT molecular complexity index is 676. The monoisotopic (exact) mass is 307 g/mol. The lowest BCUT2D eigenvalue weighted by atomic mass is 10.2. The first-order valence-corrected chi connectivity index (χ1v) is 6.56. The van der Waals surface area contributed by atoms with Gasteiger partial charge in [0, 0.05) is 17.8 Å². The van der Waals surface area contributed by atoms with Crippen molar-refractivity contribution in [2.75, 3.05) is 12.4 Å². The van der Waals surface area contributed by atoms with E-state index in [9.17, 15) is 13.6 Å². The zero-order valence-electron chi connectivity index (χ0n) is 12.1. The molecule has 0 unspecified atom stereocenters. The molecule has 0 saturated heterocycles. The fourth-order valence-corrected chi connectivity index (χ4v) is 1.75. The summed E-state index contributed by atoms with van der Waals surface area (Å²) in [4.78, 5) is 12.0. The Labute approximate surface area is 126 Å². The molecule has 0 aromatic heterocycles. The maximum absolute atomic E-state index is 13.1. The third-order valence-electron chi connectivity index (χ3n) is 2.91. The van der Waals surface area contributed by atoms with Gasteiger partial charge >= 0.3 is 0 Å². The highest BCUT2D eigenvalue weighted by molar-refractivity contribution is 5.94. The highest BCUT2D eigenvalue weighted by Gasteiger charge is 2.16. The molecule has 4 nitrogen and oxygen atoms in total. The molecule has 116 valence electrons. The molecule has 0 aliphatic carbocycles. The summed E-state index contributed by atoms with van der Waals surface area (Å²) in [6.07, 6.45) is -0.819. The second-order valence-electron chi connectivity index (χ2n) is 4.56. The van der Waals surface area contributed by atoms with Crippen molar-refractivity contribution < 1.29 is 23.0 Å². The number of methoxy groups -OCH3 is 1. The number of rotatable bonds is 5. The summed E-state index contributed by atoms with van der Waals surface area (Å²) < 4.78 is 36.5. The van der Waals surface area contributed by atoms with Crippen molar-refractivity contribution in [1.29, 1.82) is 0 Å². The summed E-state index contributed by atoms with van der Waals surface area (Å²) >= 11 is 0. The Morgan fingerprint density at radius 3 is 2.50 bits per heavy atom. The normalized spacial score (nSPS) is 11.6. The van der Waals surface area contributed by atoms with Crippen LogP contribution < -0.4 is 14.8 Å². The first-order chi connectivity index (χ1) is 10.5. The van der Waals surface area contributed by atoms with Gasteiger partial charge < -0.3 is 14.8 Å². The van der Waals surface area contributed by atoms with E-state index >= 15 is 0 Å². The van der Waals surface area contributed by atoms with Gasteiger partial charge in [-0.25, -0.2) is 8.78 Å². The number of hydrogen-bond acceptors (Lipinski definition) is 3. The summed E-state index contributed by atoms with van der Waals surface area (Å²) in [6, 6.07) is 9.93. The van der Waals surface area contributed by atoms with Crippen LogP contribution in [0.25, 0.3) is 0 Å². The molecule has 0 bridgehead atoms. The van der Waals surface area contributed by atoms with Crippen LogP contribution >= 0.6 is 0 Å². The molecule has 0 spiro atoms. The molecule has 1 atom stereocenters. The largest absolute Gasteiger partial charge is 0.497 e. The van der Waals surface area contributed by atoms with Crippen LogP contribution in [-0.2, 0) is 4.79 Å². The molecular weight excluding hydrogens is 292 g/mol. The Hall–Kier alpha value is -2.63. The average Bonchev–Trinajstić information content (AvgIpc) is 2.51. The quantitative estimate of drug-likeness (QED) is 0.921. The number of carbonyl (C=O) groups excluding carboxylic acids is 1. The zero-order valence-corrected chi connectivity index (χ0v) is 12.1. The smallest absolute Gasteiger partial charge is 0.265 e. The molecular formula is C16H15F2NO3. The summed E-state index contributed by atoms with van der Waals surface area (Å²) in [5.74, 6) is -1.41. The summed E-state index contributed by atoms with van der Waals surface area (Å²) in [5, 5.41) is 2.46. The lowest BCUT2D eigenvalue weighted by Gasteiger charge is -2.15. The standard InChI is InChI=1S/C16H15F2NO3/c1-10(22-13-5-3-4-12(9-13)21-2)16(20)19-11-6-7-14(17)15(18)8-11/h3-10H,1-2H3,(H,19,20)/t10-/m0/s1. The number of amides is 1. The molecule has 0 saturated carbocycles. The number of carbonyl (C=O) groups is 1. The first kappa shape index (κ1) is 15.8. The number of hydrogen-bond donors (Lipinski definition) is 1. The van der Waals surface area contributed by atoms with Crippen LogP contribution in [0.2, 0.25) is 0 Å². The number of benzene rings is 2. The number of anilines is 1. The maximum atomic E-state index is 13.1. The molecule has 1 N–H and O–H groups in total. The van der Waals surface area contributed by atoms with Crippen molar-refractivity contribution in [1.82, 2.24) is 0 Å². The molecule has 2 rings (SSSR count). The second-order valence-corrected chi connectivity index (χ2v) is 4.56. The van der Waals surface area contributed by atoms with Crippen molar-refractivity contribution in [3.05, 3.63) is 54.1 Å². The van der Waals surface area contributed by atoms with E-state index in [1.165, 1.54) is 13.2 Å². The van der Waals surface area contributed by atoms with Gasteiger partial charge in [-0.15, -0.1) is 0 Å². The van der Waals surface area contributed by atoms with Crippen LogP contribution in [0.15, 0.2) is 42.5 Å². The molecule has 2 aromatic carbocycles. The first-order valence-electron chi connectivity index (χ1n) is 6.56. The third-order valence-corrected chi connectivity index (χ3v) is 2.91. The van der Waals surface area contributed by atoms with E-state index in [1.54, 1.807) is 31.2 Å². The van der Waals surface area contributed by atoms with Crippen molar-refractivity contribution in [2.45, 2.75) is 13.0 Å². The Kier molecular flexibility index (Phi) is 4.93. The van der Waals surface area contributed by atoms with E-state index in [1.807, 2.05) is 0 Å². The van der Waals surface area contributed by atoms with Crippen molar-refractivity contribution in [3.8, 4) is 11.5 Å². The Balaban J connectivity index is 2.00. The van der Waals surface area contributed by atoms with Crippen LogP contribution in [0.1, 0.15) is 6.92 Å². The van der Waals surface area contributed by atoms with Crippen molar-refractivity contribution in [3.63, 3.8) is 0 Å². The molecule has 0 heterocycles. The summed E-state index contributed by atoms with van der Waals surface area (Å²) in [7, 11) is 1.53. The van der Waals surface area contributed by atoms with Crippen molar-refractivity contribution in [2.24, 2.45) is 0 Å². The predicted molar refractivity (Wildman–Crippen MR) is 78.1 cm³/mol. The molecule has 0 fully saturated rings. The number of ether oxygens (including phenoxy) is 2. The molecule has 2 aromatic rings. The van der Waals surface area contributed by atoms with Gasteiger partial charge in [-0.05, 0) is 31.2 Å². The minimum Gasteiger partial charge on any atom is -0.497 e. The van der Waals surface area contributed by atoms with Crippen LogP contribution in [0.4, 0.5) is 14.5 Å². The van der Waals surface area contributed by atoms with Gasteiger partial charge in [-0.2, -0.15) is 0 Å². The van der Waals surface area contributed by atoms with E-state index in [-0.39, 0.29) is 5.69 Å².